The lowest BCUT2D eigenvalue weighted by atomic mass is 9.95. The van der Waals surface area contributed by atoms with Crippen LogP contribution in [0.4, 0.5) is 11.4 Å². The second-order valence-corrected chi connectivity index (χ2v) is 10.7. The van der Waals surface area contributed by atoms with Gasteiger partial charge in [0.2, 0.25) is 5.91 Å². The molecule has 3 aromatic rings. The fraction of sp³-hybridized carbons (Fsp3) is 0.269. The number of hydrogen-bond donors (Lipinski definition) is 2. The van der Waals surface area contributed by atoms with E-state index in [0.29, 0.717) is 11.4 Å². The van der Waals surface area contributed by atoms with E-state index in [4.69, 9.17) is 11.6 Å². The number of anilines is 2. The van der Waals surface area contributed by atoms with E-state index < -0.39 is 10.0 Å². The zero-order valence-electron chi connectivity index (χ0n) is 19.0. The first-order valence-electron chi connectivity index (χ1n) is 11.3. The molecule has 34 heavy (non-hydrogen) atoms. The number of hydrogen-bond acceptors (Lipinski definition) is 4. The van der Waals surface area contributed by atoms with Gasteiger partial charge in [-0.05, 0) is 80.9 Å². The van der Waals surface area contributed by atoms with Crippen molar-refractivity contribution in [1.82, 2.24) is 4.90 Å². The lowest BCUT2D eigenvalue weighted by molar-refractivity contribution is -0.121. The quantitative estimate of drug-likeness (QED) is 0.464. The maximum Gasteiger partial charge on any atom is 0.261 e. The Bertz CT molecular complexity index is 1240. The predicted octanol–water partition coefficient (Wildman–Crippen LogP) is 5.30. The Balaban J connectivity index is 1.30. The smallest absolute Gasteiger partial charge is 0.261 e. The second-order valence-electron chi connectivity index (χ2n) is 8.63. The summed E-state index contributed by atoms with van der Waals surface area (Å²) in [7, 11) is -3.70. The van der Waals surface area contributed by atoms with Crippen molar-refractivity contribution >= 4 is 38.9 Å². The molecular weight excluding hydrogens is 470 g/mol. The van der Waals surface area contributed by atoms with Crippen molar-refractivity contribution in [3.8, 4) is 0 Å². The van der Waals surface area contributed by atoms with E-state index >= 15 is 0 Å². The fourth-order valence-corrected chi connectivity index (χ4v) is 5.27. The number of amides is 1. The average molecular weight is 498 g/mol. The van der Waals surface area contributed by atoms with Gasteiger partial charge in [-0.3, -0.25) is 14.4 Å². The zero-order valence-corrected chi connectivity index (χ0v) is 20.6. The molecule has 2 N–H and O–H groups in total. The Morgan fingerprint density at radius 3 is 2.21 bits per heavy atom. The van der Waals surface area contributed by atoms with Gasteiger partial charge in [-0.1, -0.05) is 47.5 Å². The van der Waals surface area contributed by atoms with Crippen LogP contribution >= 0.6 is 11.6 Å². The molecule has 0 aromatic heterocycles. The maximum atomic E-state index is 12.8. The monoisotopic (exact) mass is 497 g/mol. The van der Waals surface area contributed by atoms with E-state index in [-0.39, 0.29) is 16.7 Å². The van der Waals surface area contributed by atoms with Crippen molar-refractivity contribution in [1.29, 1.82) is 0 Å². The Hall–Kier alpha value is -2.87. The van der Waals surface area contributed by atoms with Crippen LogP contribution in [0.3, 0.4) is 0 Å². The summed E-state index contributed by atoms with van der Waals surface area (Å²) in [6.07, 6.45) is 1.53. The van der Waals surface area contributed by atoms with Crippen molar-refractivity contribution in [3.05, 3.63) is 88.9 Å². The summed E-state index contributed by atoms with van der Waals surface area (Å²) in [5.41, 5.74) is 3.23. The molecule has 0 atom stereocenters. The molecule has 1 aliphatic rings. The average Bonchev–Trinajstić information content (AvgIpc) is 2.83. The van der Waals surface area contributed by atoms with Gasteiger partial charge in [0, 0.05) is 28.9 Å². The molecule has 0 unspecified atom stereocenters. The van der Waals surface area contributed by atoms with Gasteiger partial charge in [0.05, 0.1) is 4.90 Å². The molecule has 0 aliphatic carbocycles. The number of rotatable bonds is 7. The molecule has 0 saturated carbocycles. The highest BCUT2D eigenvalue weighted by molar-refractivity contribution is 7.92. The minimum absolute atomic E-state index is 0.0363. The topological polar surface area (TPSA) is 78.5 Å². The number of likely N-dealkylation sites (tertiary alicyclic amines) is 1. The number of benzene rings is 3. The predicted molar refractivity (Wildman–Crippen MR) is 137 cm³/mol. The number of carbonyl (C=O) groups excluding carboxylic acids is 1. The lowest BCUT2D eigenvalue weighted by Gasteiger charge is -2.31. The Morgan fingerprint density at radius 2 is 1.56 bits per heavy atom. The Labute approximate surface area is 206 Å². The molecule has 178 valence electrons. The summed E-state index contributed by atoms with van der Waals surface area (Å²) >= 11 is 6.27. The normalized spacial score (nSPS) is 15.1. The van der Waals surface area contributed by atoms with Crippen molar-refractivity contribution < 1.29 is 13.2 Å². The van der Waals surface area contributed by atoms with E-state index in [9.17, 15) is 13.2 Å². The van der Waals surface area contributed by atoms with Crippen molar-refractivity contribution in [2.24, 2.45) is 5.92 Å². The molecule has 1 fully saturated rings. The van der Waals surface area contributed by atoms with E-state index in [1.54, 1.807) is 24.3 Å². The van der Waals surface area contributed by atoms with Crippen LogP contribution in [0.2, 0.25) is 5.02 Å². The highest BCUT2D eigenvalue weighted by atomic mass is 35.5. The molecule has 6 nitrogen and oxygen atoms in total. The van der Waals surface area contributed by atoms with Crippen LogP contribution in [-0.4, -0.2) is 32.3 Å². The Morgan fingerprint density at radius 1 is 0.941 bits per heavy atom. The van der Waals surface area contributed by atoms with Crippen LogP contribution < -0.4 is 10.0 Å². The molecule has 0 bridgehead atoms. The van der Waals surface area contributed by atoms with Gasteiger partial charge in [0.1, 0.15) is 0 Å². The molecular formula is C26H28ClN3O3S. The summed E-state index contributed by atoms with van der Waals surface area (Å²) in [6.45, 7) is 4.37. The summed E-state index contributed by atoms with van der Waals surface area (Å²) in [4.78, 5) is 15.2. The van der Waals surface area contributed by atoms with E-state index in [1.165, 1.54) is 12.1 Å². The van der Waals surface area contributed by atoms with Crippen LogP contribution in [0.1, 0.15) is 24.0 Å². The molecule has 8 heteroatoms. The number of nitrogens with zero attached hydrogens (tertiary/aromatic N) is 1. The summed E-state index contributed by atoms with van der Waals surface area (Å²) < 4.78 is 27.8. The Kier molecular flexibility index (Phi) is 7.56. The largest absolute Gasteiger partial charge is 0.326 e. The molecule has 1 aliphatic heterocycles. The second kappa shape index (κ2) is 10.6. The van der Waals surface area contributed by atoms with Crippen LogP contribution in [0.25, 0.3) is 0 Å². The number of carbonyl (C=O) groups is 1. The molecule has 1 saturated heterocycles. The van der Waals surface area contributed by atoms with Gasteiger partial charge in [-0.25, -0.2) is 8.42 Å². The fourth-order valence-electron chi connectivity index (χ4n) is 4.02. The third kappa shape index (κ3) is 6.17. The van der Waals surface area contributed by atoms with Crippen LogP contribution in [-0.2, 0) is 21.4 Å². The lowest BCUT2D eigenvalue weighted by Crippen LogP contribution is -2.37. The molecule has 0 radical (unpaired) electrons. The van der Waals surface area contributed by atoms with Gasteiger partial charge in [0.15, 0.2) is 0 Å². The summed E-state index contributed by atoms with van der Waals surface area (Å²) in [5.74, 6) is -0.111. The number of piperidine rings is 1. The summed E-state index contributed by atoms with van der Waals surface area (Å²) in [5, 5.41) is 3.69. The maximum absolute atomic E-state index is 12.8. The minimum atomic E-state index is -3.70. The third-order valence-corrected chi connectivity index (χ3v) is 7.81. The number of nitrogens with one attached hydrogen (secondary N) is 2. The van der Waals surface area contributed by atoms with Crippen LogP contribution in [0, 0.1) is 12.8 Å². The zero-order chi connectivity index (χ0) is 24.1. The number of halogens is 1. The highest BCUT2D eigenvalue weighted by Crippen LogP contribution is 2.24. The van der Waals surface area contributed by atoms with Gasteiger partial charge in [0.25, 0.3) is 10.0 Å². The summed E-state index contributed by atoms with van der Waals surface area (Å²) in [6, 6.07) is 21.2. The van der Waals surface area contributed by atoms with E-state index in [2.05, 4.69) is 14.9 Å². The van der Waals surface area contributed by atoms with Crippen molar-refractivity contribution in [2.45, 2.75) is 31.2 Å². The number of sulfonamides is 1. The van der Waals surface area contributed by atoms with Crippen molar-refractivity contribution in [2.75, 3.05) is 23.1 Å². The van der Waals surface area contributed by atoms with E-state index in [0.717, 1.165) is 48.6 Å². The van der Waals surface area contributed by atoms with Crippen molar-refractivity contribution in [3.63, 3.8) is 0 Å². The first kappa shape index (κ1) is 24.3. The first-order chi connectivity index (χ1) is 16.3. The van der Waals surface area contributed by atoms with Gasteiger partial charge in [-0.15, -0.1) is 0 Å². The SMILES string of the molecule is Cc1ccc(NS(=O)(=O)c2ccc(NC(=O)C3CCN(Cc4ccccc4Cl)CC3)cc2)cc1. The van der Waals surface area contributed by atoms with Gasteiger partial charge < -0.3 is 5.32 Å². The highest BCUT2D eigenvalue weighted by Gasteiger charge is 2.25. The molecule has 1 amide bonds. The van der Waals surface area contributed by atoms with Crippen LogP contribution in [0.5, 0.6) is 0 Å². The molecule has 1 heterocycles. The third-order valence-electron chi connectivity index (χ3n) is 6.05. The number of aryl methyl sites for hydroxylation is 1. The molecule has 3 aromatic carbocycles. The molecule has 0 spiro atoms. The van der Waals surface area contributed by atoms with Gasteiger partial charge >= 0.3 is 0 Å². The standard InChI is InChI=1S/C26H28ClN3O3S/c1-19-6-8-23(9-7-19)29-34(32,33)24-12-10-22(11-13-24)28-26(31)20-14-16-30(17-15-20)18-21-4-2-3-5-25(21)27/h2-13,20,29H,14-18H2,1H3,(H,28,31). The first-order valence-corrected chi connectivity index (χ1v) is 13.1. The van der Waals surface area contributed by atoms with Gasteiger partial charge in [-0.2, -0.15) is 0 Å². The molecule has 4 rings (SSSR count). The van der Waals surface area contributed by atoms with Crippen LogP contribution in [0.15, 0.2) is 77.7 Å². The minimum Gasteiger partial charge on any atom is -0.326 e. The van der Waals surface area contributed by atoms with E-state index in [1.807, 2.05) is 43.3 Å².